The van der Waals surface area contributed by atoms with Crippen LogP contribution >= 0.6 is 0 Å². The molecule has 0 aromatic heterocycles. The first-order chi connectivity index (χ1) is 41.1. The number of nitrogens with two attached hydrogens (primary N) is 7. The zero-order valence-electron chi connectivity index (χ0n) is 50.9. The molecule has 5 fully saturated rings. The number of nitrogens with zero attached hydrogens (tertiary/aromatic N) is 8. The maximum atomic E-state index is 14.7. The molecule has 488 valence electrons. The number of carboxylic acid groups (broad SMARTS) is 2. The number of aliphatic imine (C=N–C) groups is 3. The minimum atomic E-state index is -1.38. The first-order valence-electron chi connectivity index (χ1n) is 30.2. The van der Waals surface area contributed by atoms with E-state index in [0.29, 0.717) is 64.5 Å². The number of amides is 9. The van der Waals surface area contributed by atoms with Gasteiger partial charge in [0.2, 0.25) is 53.2 Å². The lowest BCUT2D eigenvalue weighted by Gasteiger charge is -2.36. The second-order valence-corrected chi connectivity index (χ2v) is 23.3. The van der Waals surface area contributed by atoms with Gasteiger partial charge in [-0.05, 0) is 115 Å². The normalized spacial score (nSPS) is 21.6. The van der Waals surface area contributed by atoms with Gasteiger partial charge in [-0.2, -0.15) is 0 Å². The van der Waals surface area contributed by atoms with Crippen molar-refractivity contribution in [2.45, 2.75) is 198 Å². The summed E-state index contributed by atoms with van der Waals surface area (Å²) in [5.41, 5.74) is 39.0. The number of rotatable bonds is 28. The highest BCUT2D eigenvalue weighted by Crippen LogP contribution is 2.31. The molecule has 5 aliphatic heterocycles. The second kappa shape index (κ2) is 34.3. The number of guanidine groups is 3. The van der Waals surface area contributed by atoms with Crippen molar-refractivity contribution >= 4 is 83.0 Å². The van der Waals surface area contributed by atoms with Crippen molar-refractivity contribution in [1.29, 1.82) is 0 Å². The van der Waals surface area contributed by atoms with Crippen molar-refractivity contribution in [2.24, 2.45) is 66.9 Å². The predicted octanol–water partition coefficient (Wildman–Crippen LogP) is -4.14. The van der Waals surface area contributed by atoms with Gasteiger partial charge in [0.15, 0.2) is 17.9 Å². The topological polar surface area (TPSA) is 512 Å². The van der Waals surface area contributed by atoms with E-state index in [-0.39, 0.29) is 132 Å². The smallest absolute Gasteiger partial charge is 0.326 e. The highest BCUT2D eigenvalue weighted by molar-refractivity contribution is 5.99. The molecule has 0 aromatic rings. The van der Waals surface area contributed by atoms with Gasteiger partial charge in [-0.3, -0.25) is 62.9 Å². The van der Waals surface area contributed by atoms with Gasteiger partial charge in [0, 0.05) is 59.3 Å². The monoisotopic (exact) mass is 1230 g/mol. The maximum absolute atomic E-state index is 14.7. The minimum absolute atomic E-state index is 0.0321. The summed E-state index contributed by atoms with van der Waals surface area (Å²) in [6.07, 6.45) is 4.67. The zero-order valence-corrected chi connectivity index (χ0v) is 50.9. The number of aliphatic carboxylic acids is 2. The first-order valence-corrected chi connectivity index (χ1v) is 30.2. The van der Waals surface area contributed by atoms with Crippen LogP contribution in [-0.2, 0) is 52.7 Å². The molecule has 0 aromatic carbocycles. The molecule has 0 unspecified atom stereocenters. The van der Waals surface area contributed by atoms with Gasteiger partial charge in [-0.1, -0.05) is 27.7 Å². The fraction of sp³-hybridized carbons (Fsp3) is 0.745. The number of nitrogens with one attached hydrogen (secondary N) is 4. The van der Waals surface area contributed by atoms with E-state index in [2.05, 4.69) is 36.2 Å². The van der Waals surface area contributed by atoms with Gasteiger partial charge in [-0.25, -0.2) is 4.79 Å². The number of likely N-dealkylation sites (tertiary alicyclic amines) is 5. The summed E-state index contributed by atoms with van der Waals surface area (Å²) in [5.74, 6) is -8.17. The van der Waals surface area contributed by atoms with Crippen LogP contribution < -0.4 is 61.4 Å². The molecule has 0 aliphatic carbocycles. The van der Waals surface area contributed by atoms with E-state index < -0.39 is 114 Å². The third-order valence-electron chi connectivity index (χ3n) is 16.1. The van der Waals surface area contributed by atoms with Crippen LogP contribution in [0.15, 0.2) is 15.0 Å². The van der Waals surface area contributed by atoms with Crippen molar-refractivity contribution in [3.05, 3.63) is 0 Å². The van der Waals surface area contributed by atoms with Gasteiger partial charge < -0.3 is 96.1 Å². The summed E-state index contributed by atoms with van der Waals surface area (Å²) in [7, 11) is 0. The molecule has 20 N–H and O–H groups in total. The summed E-state index contributed by atoms with van der Waals surface area (Å²) in [4.78, 5) is 168. The SMILES string of the molecule is CC(=O)O.CC(C)[C@H](N)C(=O)N1CCC[C@H]1C(=O)N1CCC[C@H]1C(=O)N1CCC[C@H]1C(=O)N[C@H](C(=O)N1CCC[C@H]1C(=O)N1CCC[C@H]1C(=O)N[C@@H](CCCN=C(N)N)C(=O)N[C@@H](CCCN=C(N)N)C(=O)N[C@@H](CCCN=C(N)N)C(=O)O)C(C)C. The van der Waals surface area contributed by atoms with E-state index >= 15 is 0 Å². The number of carboxylic acids is 2. The molecule has 10 atom stereocenters. The molecule has 0 bridgehead atoms. The average Bonchev–Trinajstić information content (AvgIpc) is 1.91. The molecule has 87 heavy (non-hydrogen) atoms. The van der Waals surface area contributed by atoms with Crippen LogP contribution in [0.5, 0.6) is 0 Å². The Morgan fingerprint density at radius 2 is 0.759 bits per heavy atom. The van der Waals surface area contributed by atoms with E-state index in [1.165, 1.54) is 19.6 Å². The number of carbonyl (C=O) groups is 11. The minimum Gasteiger partial charge on any atom is -0.481 e. The van der Waals surface area contributed by atoms with Crippen molar-refractivity contribution in [3.63, 3.8) is 0 Å². The maximum Gasteiger partial charge on any atom is 0.326 e. The van der Waals surface area contributed by atoms with Gasteiger partial charge in [0.1, 0.15) is 54.4 Å². The van der Waals surface area contributed by atoms with Crippen LogP contribution in [0.2, 0.25) is 0 Å². The molecule has 32 nitrogen and oxygen atoms in total. The molecule has 0 radical (unpaired) electrons. The van der Waals surface area contributed by atoms with Crippen LogP contribution in [-0.4, -0.2) is 230 Å². The first kappa shape index (κ1) is 71.4. The van der Waals surface area contributed by atoms with Crippen molar-refractivity contribution in [1.82, 2.24) is 45.8 Å². The molecule has 5 aliphatic rings. The molecular formula is C55H95N19O13. The standard InChI is InChI=1S/C53H91N19O11.C2H4O2/c1-29(2)39(54)48(80)71-27-11-19-37(71)47(79)70-26-10-18-36(70)45(77)69-25-9-17-35(69)44(76)67-40(30(3)4)49(81)72-28-12-20-38(72)46(78)68-24-8-16-34(68)43(75)65-32(14-6-22-62-52(57)58)41(73)64-31(13-5-21-61-51(55)56)42(74)66-33(50(82)83)15-7-23-63-53(59)60;1-2(3)4/h29-40H,5-28,54H2,1-4H3,(H,64,73)(H,65,75)(H,66,74)(H,67,76)(H,82,83)(H4,55,56,61)(H4,57,58,62)(H4,59,60,63);1H3,(H,3,4)/t31-,32-,33-,34-,35-,36-,37-,38-,39-,40-;/m0./s1. The predicted molar refractivity (Wildman–Crippen MR) is 320 cm³/mol. The fourth-order valence-electron chi connectivity index (χ4n) is 11.6. The summed E-state index contributed by atoms with van der Waals surface area (Å²) >= 11 is 0. The van der Waals surface area contributed by atoms with E-state index in [9.17, 15) is 53.1 Å². The molecule has 9 amide bonds. The largest absolute Gasteiger partial charge is 0.481 e. The third kappa shape index (κ3) is 20.8. The number of hydrogen-bond donors (Lipinski definition) is 13. The Bertz CT molecular complexity index is 2530. The highest BCUT2D eigenvalue weighted by atomic mass is 16.4. The van der Waals surface area contributed by atoms with Gasteiger partial charge in [0.05, 0.1) is 6.04 Å². The van der Waals surface area contributed by atoms with Crippen LogP contribution in [0.3, 0.4) is 0 Å². The lowest BCUT2D eigenvalue weighted by Crippen LogP contribution is -2.60. The van der Waals surface area contributed by atoms with Crippen LogP contribution in [0.4, 0.5) is 0 Å². The van der Waals surface area contributed by atoms with Gasteiger partial charge in [-0.15, -0.1) is 0 Å². The van der Waals surface area contributed by atoms with Crippen LogP contribution in [0.1, 0.15) is 137 Å². The quantitative estimate of drug-likeness (QED) is 0.0201. The highest BCUT2D eigenvalue weighted by Gasteiger charge is 2.48. The summed E-state index contributed by atoms with van der Waals surface area (Å²) in [6, 6.07) is -10.4. The third-order valence-corrected chi connectivity index (χ3v) is 16.1. The Morgan fingerprint density at radius 3 is 1.13 bits per heavy atom. The van der Waals surface area contributed by atoms with E-state index in [0.717, 1.165) is 6.92 Å². The second-order valence-electron chi connectivity index (χ2n) is 23.3. The van der Waals surface area contributed by atoms with Crippen molar-refractivity contribution in [3.8, 4) is 0 Å². The lowest BCUT2D eigenvalue weighted by molar-refractivity contribution is -0.151. The molecular weight excluding hydrogens is 1130 g/mol. The molecule has 0 spiro atoms. The molecule has 5 rings (SSSR count). The van der Waals surface area contributed by atoms with Crippen LogP contribution in [0.25, 0.3) is 0 Å². The van der Waals surface area contributed by atoms with E-state index in [4.69, 9.17) is 50.0 Å². The van der Waals surface area contributed by atoms with Gasteiger partial charge in [0.25, 0.3) is 5.97 Å². The number of hydrogen-bond acceptors (Lipinski definition) is 15. The van der Waals surface area contributed by atoms with E-state index in [1.54, 1.807) is 18.7 Å². The lowest BCUT2D eigenvalue weighted by atomic mass is 10.0. The Balaban J connectivity index is 0.00000392. The molecule has 5 heterocycles. The van der Waals surface area contributed by atoms with E-state index in [1.807, 2.05) is 13.8 Å². The fourth-order valence-corrected chi connectivity index (χ4v) is 11.6. The van der Waals surface area contributed by atoms with Crippen molar-refractivity contribution < 1.29 is 63.0 Å². The molecule has 5 saturated heterocycles. The zero-order chi connectivity index (χ0) is 64.8. The summed E-state index contributed by atoms with van der Waals surface area (Å²) in [6.45, 7) is 9.87. The molecule has 32 heteroatoms. The summed E-state index contributed by atoms with van der Waals surface area (Å²) in [5, 5.41) is 28.2. The Labute approximate surface area is 507 Å². The average molecular weight is 1230 g/mol. The molecule has 0 saturated carbocycles. The Hall–Kier alpha value is -8.06. The number of carbonyl (C=O) groups excluding carboxylic acids is 9. The van der Waals surface area contributed by atoms with Crippen LogP contribution in [0, 0.1) is 11.8 Å². The summed E-state index contributed by atoms with van der Waals surface area (Å²) < 4.78 is 0. The Kier molecular flexibility index (Phi) is 28.2. The van der Waals surface area contributed by atoms with Crippen molar-refractivity contribution in [2.75, 3.05) is 52.4 Å². The van der Waals surface area contributed by atoms with Gasteiger partial charge >= 0.3 is 5.97 Å². The Morgan fingerprint density at radius 1 is 0.448 bits per heavy atom.